The Morgan fingerprint density at radius 3 is 2.07 bits per heavy atom. The molecule has 2 rings (SSSR count). The summed E-state index contributed by atoms with van der Waals surface area (Å²) in [6.45, 7) is 7.32. The summed E-state index contributed by atoms with van der Waals surface area (Å²) in [4.78, 5) is 27.2. The molecule has 0 aliphatic rings. The van der Waals surface area contributed by atoms with E-state index in [1.54, 1.807) is 50.3 Å². The van der Waals surface area contributed by atoms with Crippen LogP contribution in [0.3, 0.4) is 0 Å². The molecule has 0 saturated carbocycles. The molecule has 0 bridgehead atoms. The van der Waals surface area contributed by atoms with Crippen LogP contribution in [0.15, 0.2) is 55.1 Å². The highest BCUT2D eigenvalue weighted by Gasteiger charge is 2.39. The van der Waals surface area contributed by atoms with Gasteiger partial charge in [0.2, 0.25) is 6.04 Å². The predicted octanol–water partition coefficient (Wildman–Crippen LogP) is 5.35. The van der Waals surface area contributed by atoms with E-state index in [1.807, 2.05) is 12.1 Å². The van der Waals surface area contributed by atoms with Crippen molar-refractivity contribution in [2.45, 2.75) is 26.3 Å². The summed E-state index contributed by atoms with van der Waals surface area (Å²) < 4.78 is 10.4. The number of carbonyl (C=O) groups excluding carboxylic acids is 2. The Morgan fingerprint density at radius 1 is 1.00 bits per heavy atom. The SMILES string of the molecule is C=CCc1ccccc1N(c1c(Cl)cccc1Cl)C(C(=O)OCC)C(=O)OCC. The number of hydrogen-bond acceptors (Lipinski definition) is 5. The maximum absolute atomic E-state index is 12.9. The molecule has 0 saturated heterocycles. The molecule has 0 fully saturated rings. The first-order valence-corrected chi connectivity index (χ1v) is 9.97. The molecule has 0 aliphatic heterocycles. The molecule has 0 spiro atoms. The van der Waals surface area contributed by atoms with Gasteiger partial charge in [0.1, 0.15) is 0 Å². The summed E-state index contributed by atoms with van der Waals surface area (Å²) in [5.41, 5.74) is 1.73. The van der Waals surface area contributed by atoms with E-state index in [4.69, 9.17) is 32.7 Å². The van der Waals surface area contributed by atoms with E-state index in [-0.39, 0.29) is 23.3 Å². The Kier molecular flexibility index (Phi) is 8.55. The highest BCUT2D eigenvalue weighted by molar-refractivity contribution is 6.39. The van der Waals surface area contributed by atoms with Crippen LogP contribution in [0.25, 0.3) is 0 Å². The van der Waals surface area contributed by atoms with Gasteiger partial charge in [-0.15, -0.1) is 6.58 Å². The molecule has 5 nitrogen and oxygen atoms in total. The fourth-order valence-electron chi connectivity index (χ4n) is 2.93. The van der Waals surface area contributed by atoms with E-state index in [1.165, 1.54) is 4.90 Å². The molecule has 0 N–H and O–H groups in total. The van der Waals surface area contributed by atoms with Gasteiger partial charge in [-0.3, -0.25) is 0 Å². The van der Waals surface area contributed by atoms with Crippen LogP contribution in [0.4, 0.5) is 11.4 Å². The fourth-order valence-corrected chi connectivity index (χ4v) is 3.51. The van der Waals surface area contributed by atoms with E-state index in [0.29, 0.717) is 17.8 Å². The lowest BCUT2D eigenvalue weighted by Crippen LogP contribution is -2.47. The van der Waals surface area contributed by atoms with Crippen molar-refractivity contribution in [2.75, 3.05) is 18.1 Å². The minimum Gasteiger partial charge on any atom is -0.464 e. The molecular formula is C22H23Cl2NO4. The second kappa shape index (κ2) is 10.9. The fraction of sp³-hybridized carbons (Fsp3) is 0.273. The van der Waals surface area contributed by atoms with Gasteiger partial charge in [0.05, 0.1) is 28.9 Å². The molecule has 2 aromatic rings. The molecule has 0 radical (unpaired) electrons. The van der Waals surface area contributed by atoms with E-state index in [0.717, 1.165) is 5.56 Å². The van der Waals surface area contributed by atoms with Gasteiger partial charge in [-0.05, 0) is 44.0 Å². The van der Waals surface area contributed by atoms with Crippen LogP contribution >= 0.6 is 23.2 Å². The van der Waals surface area contributed by atoms with Gasteiger partial charge >= 0.3 is 11.9 Å². The summed E-state index contributed by atoms with van der Waals surface area (Å²) in [5, 5.41) is 0.564. The number of allylic oxidation sites excluding steroid dienone is 1. The number of ether oxygens (including phenoxy) is 2. The topological polar surface area (TPSA) is 55.8 Å². The first kappa shape index (κ1) is 22.8. The van der Waals surface area contributed by atoms with E-state index >= 15 is 0 Å². The van der Waals surface area contributed by atoms with Gasteiger partial charge in [-0.2, -0.15) is 0 Å². The van der Waals surface area contributed by atoms with Crippen molar-refractivity contribution in [3.8, 4) is 0 Å². The Hall–Kier alpha value is -2.50. The van der Waals surface area contributed by atoms with Crippen molar-refractivity contribution < 1.29 is 19.1 Å². The molecule has 0 unspecified atom stereocenters. The molecule has 29 heavy (non-hydrogen) atoms. The zero-order chi connectivity index (χ0) is 21.4. The van der Waals surface area contributed by atoms with Crippen molar-refractivity contribution in [1.29, 1.82) is 0 Å². The molecule has 154 valence electrons. The van der Waals surface area contributed by atoms with Gasteiger partial charge in [0, 0.05) is 5.69 Å². The minimum absolute atomic E-state index is 0.104. The molecule has 0 aromatic heterocycles. The number of benzene rings is 2. The maximum atomic E-state index is 12.9. The van der Waals surface area contributed by atoms with E-state index in [2.05, 4.69) is 6.58 Å². The van der Waals surface area contributed by atoms with Crippen LogP contribution in [-0.2, 0) is 25.5 Å². The summed E-state index contributed by atoms with van der Waals surface area (Å²) >= 11 is 12.9. The summed E-state index contributed by atoms with van der Waals surface area (Å²) in [6, 6.07) is 10.9. The molecule has 0 amide bonds. The van der Waals surface area contributed by atoms with Crippen LogP contribution in [0, 0.1) is 0 Å². The number of anilines is 2. The monoisotopic (exact) mass is 435 g/mol. The van der Waals surface area contributed by atoms with Crippen LogP contribution in [0.5, 0.6) is 0 Å². The second-order valence-corrected chi connectivity index (χ2v) is 6.78. The predicted molar refractivity (Wildman–Crippen MR) is 116 cm³/mol. The highest BCUT2D eigenvalue weighted by atomic mass is 35.5. The first-order valence-electron chi connectivity index (χ1n) is 9.21. The van der Waals surface area contributed by atoms with Crippen molar-refractivity contribution in [2.24, 2.45) is 0 Å². The summed E-state index contributed by atoms with van der Waals surface area (Å²) in [5.74, 6) is -1.51. The number of carbonyl (C=O) groups is 2. The molecule has 0 aliphatic carbocycles. The Labute approximate surface area is 180 Å². The quantitative estimate of drug-likeness (QED) is 0.301. The summed E-state index contributed by atoms with van der Waals surface area (Å²) in [7, 11) is 0. The van der Waals surface area contributed by atoms with Gasteiger partial charge in [0.25, 0.3) is 0 Å². The number of nitrogens with zero attached hydrogens (tertiary/aromatic N) is 1. The molecule has 0 atom stereocenters. The third-order valence-corrected chi connectivity index (χ3v) is 4.68. The van der Waals surface area contributed by atoms with Crippen molar-refractivity contribution >= 4 is 46.5 Å². The van der Waals surface area contributed by atoms with E-state index < -0.39 is 18.0 Å². The lowest BCUT2D eigenvalue weighted by molar-refractivity contribution is -0.156. The number of rotatable bonds is 9. The van der Waals surface area contributed by atoms with Gasteiger partial charge in [-0.25, -0.2) is 9.59 Å². The molecule has 2 aromatic carbocycles. The number of halogens is 2. The normalized spacial score (nSPS) is 10.5. The minimum atomic E-state index is -1.42. The zero-order valence-electron chi connectivity index (χ0n) is 16.4. The lowest BCUT2D eigenvalue weighted by Gasteiger charge is -2.33. The third kappa shape index (κ3) is 5.31. The Bertz CT molecular complexity index is 847. The average Bonchev–Trinajstić information content (AvgIpc) is 2.68. The molecule has 0 heterocycles. The van der Waals surface area contributed by atoms with Crippen molar-refractivity contribution in [1.82, 2.24) is 0 Å². The van der Waals surface area contributed by atoms with Crippen molar-refractivity contribution in [3.63, 3.8) is 0 Å². The standard InChI is InChI=1S/C22H23Cl2NO4/c1-4-10-15-11-7-8-14-18(15)25(19-16(23)12-9-13-17(19)24)20(21(26)28-5-2)22(27)29-6-3/h4,7-9,11-14,20H,1,5-6,10H2,2-3H3. The maximum Gasteiger partial charge on any atom is 0.340 e. The lowest BCUT2D eigenvalue weighted by atomic mass is 10.1. The van der Waals surface area contributed by atoms with Gasteiger partial charge in [0.15, 0.2) is 0 Å². The van der Waals surface area contributed by atoms with Crippen molar-refractivity contribution in [3.05, 3.63) is 70.7 Å². The molecular weight excluding hydrogens is 413 g/mol. The van der Waals surface area contributed by atoms with Gasteiger partial charge in [-0.1, -0.05) is 53.5 Å². The zero-order valence-corrected chi connectivity index (χ0v) is 17.9. The van der Waals surface area contributed by atoms with Gasteiger partial charge < -0.3 is 14.4 Å². The highest BCUT2D eigenvalue weighted by Crippen LogP contribution is 2.41. The number of para-hydroxylation sites is 2. The molecule has 7 heteroatoms. The smallest absolute Gasteiger partial charge is 0.340 e. The average molecular weight is 436 g/mol. The second-order valence-electron chi connectivity index (χ2n) is 5.97. The van der Waals surface area contributed by atoms with Crippen LogP contribution in [-0.4, -0.2) is 31.2 Å². The van der Waals surface area contributed by atoms with Crippen LogP contribution < -0.4 is 4.90 Å². The third-order valence-electron chi connectivity index (χ3n) is 4.07. The van der Waals surface area contributed by atoms with Crippen LogP contribution in [0.1, 0.15) is 19.4 Å². The first-order chi connectivity index (χ1) is 14.0. The number of hydrogen-bond donors (Lipinski definition) is 0. The Morgan fingerprint density at radius 2 is 1.55 bits per heavy atom. The summed E-state index contributed by atoms with van der Waals surface area (Å²) in [6.07, 6.45) is 2.24. The van der Waals surface area contributed by atoms with E-state index in [9.17, 15) is 9.59 Å². The Balaban J connectivity index is 2.79. The largest absolute Gasteiger partial charge is 0.464 e. The van der Waals surface area contributed by atoms with Crippen LogP contribution in [0.2, 0.25) is 10.0 Å². The number of esters is 2.